The van der Waals surface area contributed by atoms with Gasteiger partial charge in [0, 0.05) is 5.38 Å². The van der Waals surface area contributed by atoms with Gasteiger partial charge in [-0.2, -0.15) is 0 Å². The summed E-state index contributed by atoms with van der Waals surface area (Å²) in [6, 6.07) is 0. The molecule has 1 aliphatic carbocycles. The molecular weight excluding hydrogens is 368 g/mol. The van der Waals surface area contributed by atoms with Crippen molar-refractivity contribution < 1.29 is 23.9 Å². The summed E-state index contributed by atoms with van der Waals surface area (Å²) in [5.41, 5.74) is 0.527. The molecule has 27 heavy (non-hydrogen) atoms. The fraction of sp³-hybridized carbons (Fsp3) is 0.684. The zero-order chi connectivity index (χ0) is 19.6. The highest BCUT2D eigenvalue weighted by molar-refractivity contribution is 7.13. The number of nitrogens with zero attached hydrogens (tertiary/aromatic N) is 1. The molecule has 150 valence electrons. The Morgan fingerprint density at radius 3 is 2.67 bits per heavy atom. The molecule has 2 rings (SSSR count). The van der Waals surface area contributed by atoms with E-state index in [2.05, 4.69) is 22.0 Å². The lowest BCUT2D eigenvalue weighted by Crippen LogP contribution is -2.27. The van der Waals surface area contributed by atoms with Crippen LogP contribution in [0.15, 0.2) is 5.38 Å². The van der Waals surface area contributed by atoms with Crippen LogP contribution in [0, 0.1) is 11.8 Å². The number of esters is 2. The summed E-state index contributed by atoms with van der Waals surface area (Å²) in [5.74, 6) is -0.483. The Kier molecular flexibility index (Phi) is 8.71. The van der Waals surface area contributed by atoms with Crippen LogP contribution in [0.25, 0.3) is 0 Å². The summed E-state index contributed by atoms with van der Waals surface area (Å²) in [6.07, 6.45) is 7.57. The van der Waals surface area contributed by atoms with Crippen molar-refractivity contribution in [3.05, 3.63) is 11.1 Å². The first-order valence-electron chi connectivity index (χ1n) is 9.49. The molecule has 0 aromatic carbocycles. The fourth-order valence-corrected chi connectivity index (χ4v) is 3.98. The number of carbonyl (C=O) groups is 3. The predicted molar refractivity (Wildman–Crippen MR) is 102 cm³/mol. The average Bonchev–Trinajstić information content (AvgIpc) is 3.11. The molecule has 1 fully saturated rings. The number of hydrogen-bond donors (Lipinski definition) is 1. The minimum absolute atomic E-state index is 0.0544. The molecule has 7 nitrogen and oxygen atoms in total. The Hall–Kier alpha value is -1.96. The van der Waals surface area contributed by atoms with Gasteiger partial charge in [0.05, 0.1) is 25.1 Å². The van der Waals surface area contributed by atoms with Crippen molar-refractivity contribution >= 4 is 34.3 Å². The van der Waals surface area contributed by atoms with E-state index in [0.29, 0.717) is 10.8 Å². The minimum atomic E-state index is -0.432. The SMILES string of the molecule is CCCCC1CCC(C(=O)OCC(=O)Nc2nc(CC(=O)OC)cs2)CC1. The van der Waals surface area contributed by atoms with Gasteiger partial charge in [-0.25, -0.2) is 4.98 Å². The largest absolute Gasteiger partial charge is 0.469 e. The van der Waals surface area contributed by atoms with Crippen LogP contribution in [0.5, 0.6) is 0 Å². The Balaban J connectivity index is 1.68. The lowest BCUT2D eigenvalue weighted by molar-refractivity contribution is -0.152. The van der Waals surface area contributed by atoms with Gasteiger partial charge in [-0.05, 0) is 31.6 Å². The van der Waals surface area contributed by atoms with Gasteiger partial charge < -0.3 is 9.47 Å². The molecule has 1 saturated carbocycles. The molecule has 1 aromatic heterocycles. The van der Waals surface area contributed by atoms with Gasteiger partial charge in [-0.3, -0.25) is 19.7 Å². The lowest BCUT2D eigenvalue weighted by atomic mass is 9.80. The van der Waals surface area contributed by atoms with Crippen LogP contribution in [-0.2, 0) is 30.3 Å². The maximum Gasteiger partial charge on any atom is 0.311 e. The van der Waals surface area contributed by atoms with Crippen molar-refractivity contribution in [2.75, 3.05) is 19.0 Å². The maximum atomic E-state index is 12.2. The second-order valence-electron chi connectivity index (χ2n) is 6.91. The molecule has 8 heteroatoms. The zero-order valence-corrected chi connectivity index (χ0v) is 16.8. The quantitative estimate of drug-likeness (QED) is 0.643. The van der Waals surface area contributed by atoms with Gasteiger partial charge in [-0.15, -0.1) is 11.3 Å². The first-order valence-corrected chi connectivity index (χ1v) is 10.4. The molecule has 0 aliphatic heterocycles. The first kappa shape index (κ1) is 21.3. The van der Waals surface area contributed by atoms with Gasteiger partial charge in [0.1, 0.15) is 0 Å². The van der Waals surface area contributed by atoms with Crippen LogP contribution in [-0.4, -0.2) is 36.5 Å². The third kappa shape index (κ3) is 7.28. The summed E-state index contributed by atoms with van der Waals surface area (Å²) in [6.45, 7) is 1.88. The van der Waals surface area contributed by atoms with Gasteiger partial charge in [0.25, 0.3) is 5.91 Å². The molecule has 1 aromatic rings. The molecule has 0 bridgehead atoms. The van der Waals surface area contributed by atoms with Crippen LogP contribution in [0.1, 0.15) is 57.6 Å². The number of hydrogen-bond acceptors (Lipinski definition) is 7. The van der Waals surface area contributed by atoms with Crippen molar-refractivity contribution in [1.29, 1.82) is 0 Å². The molecule has 0 saturated heterocycles. The fourth-order valence-electron chi connectivity index (χ4n) is 3.26. The number of amides is 1. The number of anilines is 1. The van der Waals surface area contributed by atoms with Gasteiger partial charge in [0.15, 0.2) is 11.7 Å². The van der Waals surface area contributed by atoms with Crippen LogP contribution < -0.4 is 5.32 Å². The Morgan fingerprint density at radius 2 is 2.00 bits per heavy atom. The number of aromatic nitrogens is 1. The molecular formula is C19H28N2O5S. The monoisotopic (exact) mass is 396 g/mol. The van der Waals surface area contributed by atoms with Crippen LogP contribution in [0.4, 0.5) is 5.13 Å². The average molecular weight is 397 g/mol. The van der Waals surface area contributed by atoms with E-state index in [1.54, 1.807) is 5.38 Å². The standard InChI is InChI=1S/C19H28N2O5S/c1-3-4-5-13-6-8-14(9-7-13)18(24)26-11-16(22)21-19-20-15(12-27-19)10-17(23)25-2/h12-14H,3-11H2,1-2H3,(H,20,21,22). The smallest absolute Gasteiger partial charge is 0.311 e. The van der Waals surface area contributed by atoms with Crippen molar-refractivity contribution in [2.45, 2.75) is 58.3 Å². The predicted octanol–water partition coefficient (Wildman–Crippen LogP) is 3.34. The number of rotatable bonds is 9. The van der Waals surface area contributed by atoms with E-state index in [1.807, 2.05) is 0 Å². The lowest BCUT2D eigenvalue weighted by Gasteiger charge is -2.27. The third-order valence-corrected chi connectivity index (χ3v) is 5.65. The highest BCUT2D eigenvalue weighted by Crippen LogP contribution is 2.32. The Morgan fingerprint density at radius 1 is 1.26 bits per heavy atom. The van der Waals surface area contributed by atoms with E-state index in [9.17, 15) is 14.4 Å². The molecule has 0 radical (unpaired) electrons. The number of unbranched alkanes of at least 4 members (excludes halogenated alkanes) is 1. The summed E-state index contributed by atoms with van der Waals surface area (Å²) in [7, 11) is 1.31. The van der Waals surface area contributed by atoms with E-state index >= 15 is 0 Å². The molecule has 0 atom stereocenters. The van der Waals surface area contributed by atoms with Crippen LogP contribution in [0.2, 0.25) is 0 Å². The molecule has 1 aliphatic rings. The Labute approximate surface area is 163 Å². The van der Waals surface area contributed by atoms with E-state index in [4.69, 9.17) is 4.74 Å². The van der Waals surface area contributed by atoms with Crippen molar-refractivity contribution in [3.8, 4) is 0 Å². The highest BCUT2D eigenvalue weighted by atomic mass is 32.1. The number of nitrogens with one attached hydrogen (secondary N) is 1. The molecule has 1 amide bonds. The van der Waals surface area contributed by atoms with E-state index in [-0.39, 0.29) is 24.9 Å². The van der Waals surface area contributed by atoms with Crippen LogP contribution >= 0.6 is 11.3 Å². The number of ether oxygens (including phenoxy) is 2. The van der Waals surface area contributed by atoms with E-state index < -0.39 is 11.9 Å². The van der Waals surface area contributed by atoms with Gasteiger partial charge >= 0.3 is 11.9 Å². The number of methoxy groups -OCH3 is 1. The summed E-state index contributed by atoms with van der Waals surface area (Å²) in [4.78, 5) is 39.5. The second-order valence-corrected chi connectivity index (χ2v) is 7.77. The molecule has 1 N–H and O–H groups in total. The van der Waals surface area contributed by atoms with Gasteiger partial charge in [-0.1, -0.05) is 26.2 Å². The molecule has 0 spiro atoms. The summed E-state index contributed by atoms with van der Waals surface area (Å²) in [5, 5.41) is 4.62. The summed E-state index contributed by atoms with van der Waals surface area (Å²) < 4.78 is 9.75. The first-order chi connectivity index (χ1) is 13.0. The zero-order valence-electron chi connectivity index (χ0n) is 16.0. The van der Waals surface area contributed by atoms with Crippen molar-refractivity contribution in [2.24, 2.45) is 11.8 Å². The van der Waals surface area contributed by atoms with Gasteiger partial charge in [0.2, 0.25) is 0 Å². The van der Waals surface area contributed by atoms with Crippen LogP contribution in [0.3, 0.4) is 0 Å². The molecule has 0 unspecified atom stereocenters. The van der Waals surface area contributed by atoms with Crippen molar-refractivity contribution in [1.82, 2.24) is 4.98 Å². The number of carbonyl (C=O) groups excluding carboxylic acids is 3. The maximum absolute atomic E-state index is 12.2. The third-order valence-electron chi connectivity index (χ3n) is 4.84. The second kappa shape index (κ2) is 11.0. The molecule has 1 heterocycles. The van der Waals surface area contributed by atoms with Crippen molar-refractivity contribution in [3.63, 3.8) is 0 Å². The summed E-state index contributed by atoms with van der Waals surface area (Å²) >= 11 is 1.21. The Bertz CT molecular complexity index is 638. The normalized spacial score (nSPS) is 19.3. The minimum Gasteiger partial charge on any atom is -0.469 e. The van der Waals surface area contributed by atoms with E-state index in [0.717, 1.165) is 31.6 Å². The van der Waals surface area contributed by atoms with E-state index in [1.165, 1.54) is 37.7 Å². The topological polar surface area (TPSA) is 94.6 Å². The number of thiazole rings is 1. The highest BCUT2D eigenvalue weighted by Gasteiger charge is 2.27.